The number of thiophene rings is 1. The van der Waals surface area contributed by atoms with Gasteiger partial charge in [0.05, 0.1) is 12.2 Å². The molecule has 7 heteroatoms. The molecule has 0 radical (unpaired) electrons. The van der Waals surface area contributed by atoms with Crippen molar-refractivity contribution < 1.29 is 14.3 Å². The number of rotatable bonds is 7. The molecule has 6 nitrogen and oxygen atoms in total. The number of morpholine rings is 1. The van der Waals surface area contributed by atoms with Gasteiger partial charge in [0.15, 0.2) is 0 Å². The smallest absolute Gasteiger partial charge is 0.252 e. The van der Waals surface area contributed by atoms with Crippen LogP contribution in [0.4, 0.5) is 0 Å². The van der Waals surface area contributed by atoms with Gasteiger partial charge in [-0.15, -0.1) is 0 Å². The Hall–Kier alpha value is -1.44. The number of carbonyl (C=O) groups is 2. The minimum Gasteiger partial charge on any atom is -0.373 e. The van der Waals surface area contributed by atoms with Gasteiger partial charge in [-0.3, -0.25) is 14.5 Å². The van der Waals surface area contributed by atoms with Gasteiger partial charge >= 0.3 is 0 Å². The number of ether oxygens (including phenoxy) is 1. The molecular formula is C20H31N3O3S. The molecule has 2 saturated heterocycles. The summed E-state index contributed by atoms with van der Waals surface area (Å²) >= 11 is 1.51. The number of nitrogens with one attached hydrogen (secondary N) is 1. The quantitative estimate of drug-likeness (QED) is 0.723. The van der Waals surface area contributed by atoms with Crippen molar-refractivity contribution in [3.05, 3.63) is 22.4 Å². The Bertz CT molecular complexity index is 612. The molecule has 3 atom stereocenters. The lowest BCUT2D eigenvalue weighted by Gasteiger charge is -2.38. The average Bonchev–Trinajstić information content (AvgIpc) is 3.29. The molecule has 2 aliphatic heterocycles. The Kier molecular flexibility index (Phi) is 7.26. The van der Waals surface area contributed by atoms with Crippen LogP contribution in [0.2, 0.25) is 0 Å². The van der Waals surface area contributed by atoms with Gasteiger partial charge in [0.2, 0.25) is 5.91 Å². The molecule has 1 N–H and O–H groups in total. The van der Waals surface area contributed by atoms with Gasteiger partial charge < -0.3 is 15.0 Å². The molecule has 0 unspecified atom stereocenters. The van der Waals surface area contributed by atoms with Crippen LogP contribution >= 0.6 is 11.3 Å². The topological polar surface area (TPSA) is 61.9 Å². The Morgan fingerprint density at radius 2 is 2.07 bits per heavy atom. The van der Waals surface area contributed by atoms with Crippen LogP contribution < -0.4 is 5.32 Å². The molecule has 0 spiro atoms. The van der Waals surface area contributed by atoms with E-state index in [0.29, 0.717) is 31.0 Å². The lowest BCUT2D eigenvalue weighted by atomic mass is 10.1. The first-order valence-electron chi connectivity index (χ1n) is 10.0. The minimum atomic E-state index is -0.0571. The SMILES string of the molecule is C[C@@H]1CN(C[C@H]2CCCN2C(=O)CCCNC(=O)c2ccsc2)C[C@@H](C)O1. The number of hydrogen-bond donors (Lipinski definition) is 1. The Balaban J connectivity index is 1.40. The lowest BCUT2D eigenvalue weighted by Crippen LogP contribution is -2.50. The third-order valence-electron chi connectivity index (χ3n) is 5.30. The summed E-state index contributed by atoms with van der Waals surface area (Å²) in [4.78, 5) is 29.1. The Labute approximate surface area is 165 Å². The van der Waals surface area contributed by atoms with E-state index in [-0.39, 0.29) is 24.0 Å². The summed E-state index contributed by atoms with van der Waals surface area (Å²) in [5, 5.41) is 6.62. The molecular weight excluding hydrogens is 362 g/mol. The highest BCUT2D eigenvalue weighted by molar-refractivity contribution is 7.08. The van der Waals surface area contributed by atoms with Gasteiger partial charge in [0, 0.05) is 56.1 Å². The zero-order valence-corrected chi connectivity index (χ0v) is 17.2. The van der Waals surface area contributed by atoms with Crippen molar-refractivity contribution in [3.63, 3.8) is 0 Å². The van der Waals surface area contributed by atoms with Crippen LogP contribution in [0.25, 0.3) is 0 Å². The molecule has 2 amide bonds. The zero-order valence-electron chi connectivity index (χ0n) is 16.4. The van der Waals surface area contributed by atoms with Crippen LogP contribution in [0.15, 0.2) is 16.8 Å². The van der Waals surface area contributed by atoms with Crippen molar-refractivity contribution in [1.29, 1.82) is 0 Å². The van der Waals surface area contributed by atoms with E-state index in [2.05, 4.69) is 29.0 Å². The van der Waals surface area contributed by atoms with E-state index in [1.165, 1.54) is 11.3 Å². The van der Waals surface area contributed by atoms with Crippen LogP contribution in [-0.4, -0.2) is 72.6 Å². The third kappa shape index (κ3) is 5.77. The van der Waals surface area contributed by atoms with Crippen molar-refractivity contribution in [1.82, 2.24) is 15.1 Å². The fraction of sp³-hybridized carbons (Fsp3) is 0.700. The first-order chi connectivity index (χ1) is 13.0. The number of nitrogens with zero attached hydrogens (tertiary/aromatic N) is 2. The number of hydrogen-bond acceptors (Lipinski definition) is 5. The maximum Gasteiger partial charge on any atom is 0.252 e. The molecule has 0 saturated carbocycles. The summed E-state index contributed by atoms with van der Waals surface area (Å²) in [6.07, 6.45) is 3.86. The molecule has 3 heterocycles. The summed E-state index contributed by atoms with van der Waals surface area (Å²) in [6, 6.07) is 2.13. The molecule has 0 aliphatic carbocycles. The molecule has 3 rings (SSSR count). The van der Waals surface area contributed by atoms with E-state index < -0.39 is 0 Å². The van der Waals surface area contributed by atoms with Gasteiger partial charge in [0.25, 0.3) is 5.91 Å². The molecule has 2 aliphatic rings. The van der Waals surface area contributed by atoms with Crippen molar-refractivity contribution in [2.75, 3.05) is 32.7 Å². The summed E-state index contributed by atoms with van der Waals surface area (Å²) in [6.45, 7) is 8.46. The van der Waals surface area contributed by atoms with Gasteiger partial charge in [-0.1, -0.05) is 0 Å². The number of carbonyl (C=O) groups excluding carboxylic acids is 2. The van der Waals surface area contributed by atoms with Crippen molar-refractivity contribution >= 4 is 23.2 Å². The van der Waals surface area contributed by atoms with E-state index in [9.17, 15) is 9.59 Å². The second-order valence-electron chi connectivity index (χ2n) is 7.73. The first-order valence-corrected chi connectivity index (χ1v) is 10.9. The highest BCUT2D eigenvalue weighted by Crippen LogP contribution is 2.21. The molecule has 1 aromatic heterocycles. The number of amides is 2. The van der Waals surface area contributed by atoms with Crippen molar-refractivity contribution in [2.24, 2.45) is 0 Å². The van der Waals surface area contributed by atoms with Crippen LogP contribution in [-0.2, 0) is 9.53 Å². The summed E-state index contributed by atoms with van der Waals surface area (Å²) in [5.41, 5.74) is 0.694. The van der Waals surface area contributed by atoms with Gasteiger partial charge in [-0.05, 0) is 44.6 Å². The number of likely N-dealkylation sites (tertiary alicyclic amines) is 1. The van der Waals surface area contributed by atoms with Crippen LogP contribution in [0, 0.1) is 0 Å². The van der Waals surface area contributed by atoms with Gasteiger partial charge in [-0.2, -0.15) is 11.3 Å². The van der Waals surface area contributed by atoms with Gasteiger partial charge in [-0.25, -0.2) is 0 Å². The highest BCUT2D eigenvalue weighted by atomic mass is 32.1. The maximum atomic E-state index is 12.7. The van der Waals surface area contributed by atoms with Gasteiger partial charge in [0.1, 0.15) is 0 Å². The van der Waals surface area contributed by atoms with Crippen molar-refractivity contribution in [2.45, 2.75) is 57.8 Å². The predicted octanol–water partition coefficient (Wildman–Crippen LogP) is 2.36. The molecule has 0 bridgehead atoms. The van der Waals surface area contributed by atoms with E-state index in [0.717, 1.165) is 39.0 Å². The first kappa shape index (κ1) is 20.3. The van der Waals surface area contributed by atoms with E-state index >= 15 is 0 Å². The second kappa shape index (κ2) is 9.66. The minimum absolute atomic E-state index is 0.0571. The average molecular weight is 394 g/mol. The molecule has 2 fully saturated rings. The third-order valence-corrected chi connectivity index (χ3v) is 5.98. The second-order valence-corrected chi connectivity index (χ2v) is 8.51. The molecule has 0 aromatic carbocycles. The van der Waals surface area contributed by atoms with E-state index in [1.54, 1.807) is 0 Å². The van der Waals surface area contributed by atoms with E-state index in [1.807, 2.05) is 16.8 Å². The molecule has 27 heavy (non-hydrogen) atoms. The summed E-state index contributed by atoms with van der Waals surface area (Å²) in [5.74, 6) is 0.162. The zero-order chi connectivity index (χ0) is 19.2. The Morgan fingerprint density at radius 1 is 1.30 bits per heavy atom. The lowest BCUT2D eigenvalue weighted by molar-refractivity contribution is -0.133. The Morgan fingerprint density at radius 3 is 2.78 bits per heavy atom. The fourth-order valence-electron chi connectivity index (χ4n) is 4.17. The van der Waals surface area contributed by atoms with E-state index in [4.69, 9.17) is 4.74 Å². The predicted molar refractivity (Wildman–Crippen MR) is 107 cm³/mol. The molecule has 150 valence electrons. The maximum absolute atomic E-state index is 12.7. The van der Waals surface area contributed by atoms with Crippen molar-refractivity contribution in [3.8, 4) is 0 Å². The van der Waals surface area contributed by atoms with Crippen LogP contribution in [0.5, 0.6) is 0 Å². The largest absolute Gasteiger partial charge is 0.373 e. The highest BCUT2D eigenvalue weighted by Gasteiger charge is 2.32. The standard InChI is InChI=1S/C20H31N3O3S/c1-15-11-22(12-16(2)26-15)13-18-5-4-9-23(18)19(24)6-3-8-21-20(25)17-7-10-27-14-17/h7,10,14-16,18H,3-6,8-9,11-13H2,1-2H3,(H,21,25)/t15-,16-,18-/m1/s1. The normalized spacial score (nSPS) is 26.3. The fourth-order valence-corrected chi connectivity index (χ4v) is 4.80. The monoisotopic (exact) mass is 393 g/mol. The van der Waals surface area contributed by atoms with Crippen LogP contribution in [0.1, 0.15) is 49.9 Å². The summed E-state index contributed by atoms with van der Waals surface area (Å²) in [7, 11) is 0. The summed E-state index contributed by atoms with van der Waals surface area (Å²) < 4.78 is 5.81. The molecule has 1 aromatic rings. The van der Waals surface area contributed by atoms with Crippen LogP contribution in [0.3, 0.4) is 0 Å².